The van der Waals surface area contributed by atoms with Crippen molar-refractivity contribution in [1.82, 2.24) is 18.8 Å². The predicted octanol–water partition coefficient (Wildman–Crippen LogP) is 3.16. The van der Waals surface area contributed by atoms with Crippen LogP contribution in [-0.4, -0.2) is 31.3 Å². The zero-order chi connectivity index (χ0) is 23.1. The molecule has 166 valence electrons. The highest BCUT2D eigenvalue weighted by Gasteiger charge is 2.35. The fourth-order valence-electron chi connectivity index (χ4n) is 2.98. The van der Waals surface area contributed by atoms with E-state index in [2.05, 4.69) is 9.69 Å². The summed E-state index contributed by atoms with van der Waals surface area (Å²) < 4.78 is 45.0. The van der Waals surface area contributed by atoms with Crippen LogP contribution in [0.4, 0.5) is 13.2 Å². The van der Waals surface area contributed by atoms with Crippen molar-refractivity contribution in [3.8, 4) is 5.69 Å². The Balaban J connectivity index is 2.12. The summed E-state index contributed by atoms with van der Waals surface area (Å²) in [5, 5.41) is 3.16. The van der Waals surface area contributed by atoms with E-state index in [-0.39, 0.29) is 29.2 Å². The highest BCUT2D eigenvalue weighted by atomic mass is 35.5. The van der Waals surface area contributed by atoms with Gasteiger partial charge in [-0.3, -0.25) is 14.2 Å². The van der Waals surface area contributed by atoms with Crippen molar-refractivity contribution in [3.63, 3.8) is 0 Å². The van der Waals surface area contributed by atoms with Gasteiger partial charge in [-0.15, -0.1) is 11.6 Å². The second kappa shape index (κ2) is 8.46. The summed E-state index contributed by atoms with van der Waals surface area (Å²) in [6.07, 6.45) is -4.85. The molecule has 0 aliphatic rings. The zero-order valence-electron chi connectivity index (χ0n) is 16.7. The number of fused-ring (bicyclic) bond motifs is 1. The van der Waals surface area contributed by atoms with Crippen molar-refractivity contribution < 1.29 is 18.0 Å². The second-order valence-corrected chi connectivity index (χ2v) is 8.35. The van der Waals surface area contributed by atoms with Crippen LogP contribution in [0.5, 0.6) is 0 Å². The van der Waals surface area contributed by atoms with Gasteiger partial charge in [0.25, 0.3) is 11.5 Å². The SMILES string of the molecule is CC(C)C(CCl)NC(=O)c1nsc2ccc(-n3c(=O)cc(C(F)(F)F)n(C)c3=O)cc12. The number of halogens is 4. The van der Waals surface area contributed by atoms with E-state index in [1.807, 2.05) is 13.8 Å². The number of hydrogen-bond donors (Lipinski definition) is 1. The highest BCUT2D eigenvalue weighted by molar-refractivity contribution is 7.13. The zero-order valence-corrected chi connectivity index (χ0v) is 18.2. The van der Waals surface area contributed by atoms with E-state index in [4.69, 9.17) is 11.6 Å². The van der Waals surface area contributed by atoms with Crippen molar-refractivity contribution in [2.24, 2.45) is 13.0 Å². The molecule has 1 aromatic carbocycles. The Morgan fingerprint density at radius 1 is 1.26 bits per heavy atom. The Labute approximate surface area is 183 Å². The largest absolute Gasteiger partial charge is 0.431 e. The van der Waals surface area contributed by atoms with Gasteiger partial charge in [0, 0.05) is 30.4 Å². The minimum Gasteiger partial charge on any atom is -0.346 e. The molecule has 1 N–H and O–H groups in total. The summed E-state index contributed by atoms with van der Waals surface area (Å²) in [6.45, 7) is 3.80. The van der Waals surface area contributed by atoms with Gasteiger partial charge in [-0.05, 0) is 35.6 Å². The minimum absolute atomic E-state index is 0.0267. The number of carbonyl (C=O) groups excluding carboxylic acids is 1. The fraction of sp³-hybridized carbons (Fsp3) is 0.368. The molecule has 3 aromatic rings. The van der Waals surface area contributed by atoms with Crippen LogP contribution in [0, 0.1) is 5.92 Å². The predicted molar refractivity (Wildman–Crippen MR) is 112 cm³/mol. The number of carbonyl (C=O) groups is 1. The normalized spacial score (nSPS) is 13.0. The lowest BCUT2D eigenvalue weighted by Crippen LogP contribution is -2.40. The molecule has 0 aliphatic carbocycles. The van der Waals surface area contributed by atoms with E-state index in [1.165, 1.54) is 12.1 Å². The molecule has 1 unspecified atom stereocenters. The van der Waals surface area contributed by atoms with E-state index in [9.17, 15) is 27.6 Å². The highest BCUT2D eigenvalue weighted by Crippen LogP contribution is 2.28. The molecule has 1 amide bonds. The third-order valence-corrected chi connectivity index (χ3v) is 5.98. The number of nitrogens with zero attached hydrogens (tertiary/aromatic N) is 3. The monoisotopic (exact) mass is 474 g/mol. The number of hydrogen-bond acceptors (Lipinski definition) is 5. The molecular weight excluding hydrogens is 457 g/mol. The number of alkyl halides is 4. The van der Waals surface area contributed by atoms with Crippen LogP contribution in [0.3, 0.4) is 0 Å². The maximum Gasteiger partial charge on any atom is 0.431 e. The van der Waals surface area contributed by atoms with Gasteiger partial charge in [-0.2, -0.15) is 17.5 Å². The maximum atomic E-state index is 13.1. The topological polar surface area (TPSA) is 86.0 Å². The first-order valence-electron chi connectivity index (χ1n) is 9.12. The number of amides is 1. The van der Waals surface area contributed by atoms with Crippen molar-refractivity contribution in [1.29, 1.82) is 0 Å². The molecule has 7 nitrogen and oxygen atoms in total. The van der Waals surface area contributed by atoms with E-state index in [0.717, 1.165) is 18.6 Å². The Morgan fingerprint density at radius 3 is 2.52 bits per heavy atom. The average Bonchev–Trinajstić information content (AvgIpc) is 3.11. The molecule has 1 atom stereocenters. The van der Waals surface area contributed by atoms with Crippen LogP contribution in [0.25, 0.3) is 15.8 Å². The summed E-state index contributed by atoms with van der Waals surface area (Å²) >= 11 is 6.94. The summed E-state index contributed by atoms with van der Waals surface area (Å²) in [5.74, 6) is -0.195. The molecule has 3 rings (SSSR count). The molecule has 0 saturated heterocycles. The Kier molecular flexibility index (Phi) is 6.28. The van der Waals surface area contributed by atoms with Crippen molar-refractivity contribution in [2.75, 3.05) is 5.88 Å². The summed E-state index contributed by atoms with van der Waals surface area (Å²) in [4.78, 5) is 37.6. The van der Waals surface area contributed by atoms with Gasteiger partial charge in [0.05, 0.1) is 10.4 Å². The molecule has 12 heteroatoms. The molecule has 0 bridgehead atoms. The van der Waals surface area contributed by atoms with Gasteiger partial charge in [-0.25, -0.2) is 9.36 Å². The quantitative estimate of drug-likeness (QED) is 0.576. The van der Waals surface area contributed by atoms with Gasteiger partial charge < -0.3 is 5.32 Å². The lowest BCUT2D eigenvalue weighted by atomic mass is 10.1. The van der Waals surface area contributed by atoms with Gasteiger partial charge >= 0.3 is 11.9 Å². The van der Waals surface area contributed by atoms with Gasteiger partial charge in [0.2, 0.25) is 0 Å². The maximum absolute atomic E-state index is 13.1. The molecule has 2 aromatic heterocycles. The number of aromatic nitrogens is 3. The van der Waals surface area contributed by atoms with Crippen molar-refractivity contribution in [3.05, 3.63) is 56.5 Å². The molecule has 2 heterocycles. The lowest BCUT2D eigenvalue weighted by Gasteiger charge is -2.19. The average molecular weight is 475 g/mol. The van der Waals surface area contributed by atoms with Crippen LogP contribution in [-0.2, 0) is 13.2 Å². The summed E-state index contributed by atoms with van der Waals surface area (Å²) in [6, 6.07) is 4.41. The minimum atomic E-state index is -4.85. The van der Waals surface area contributed by atoms with Crippen LogP contribution in [0.1, 0.15) is 30.0 Å². The van der Waals surface area contributed by atoms with E-state index >= 15 is 0 Å². The first-order chi connectivity index (χ1) is 14.5. The van der Waals surface area contributed by atoms with E-state index in [0.29, 0.717) is 25.3 Å². The standard InChI is InChI=1S/C19H18ClF3N4O3S/c1-9(2)12(8-20)24-17(29)16-11-6-10(4-5-13(11)31-25-16)27-15(28)7-14(19(21,22)23)26(3)18(27)30/h4-7,9,12H,8H2,1-3H3,(H,24,29). The Morgan fingerprint density at radius 2 is 1.94 bits per heavy atom. The molecule has 31 heavy (non-hydrogen) atoms. The van der Waals surface area contributed by atoms with Crippen molar-refractivity contribution >= 4 is 39.1 Å². The summed E-state index contributed by atoms with van der Waals surface area (Å²) in [5.41, 5.74) is -3.53. The lowest BCUT2D eigenvalue weighted by molar-refractivity contribution is -0.144. The second-order valence-electron chi connectivity index (χ2n) is 7.23. The number of nitrogens with one attached hydrogen (secondary N) is 1. The van der Waals surface area contributed by atoms with Gasteiger partial charge in [0.15, 0.2) is 0 Å². The third-order valence-electron chi connectivity index (χ3n) is 4.82. The molecule has 0 spiro atoms. The first kappa shape index (κ1) is 23.0. The third kappa shape index (κ3) is 4.38. The van der Waals surface area contributed by atoms with Crippen LogP contribution < -0.4 is 16.6 Å². The van der Waals surface area contributed by atoms with Crippen molar-refractivity contribution in [2.45, 2.75) is 26.1 Å². The summed E-state index contributed by atoms with van der Waals surface area (Å²) in [7, 11) is 0.933. The van der Waals surface area contributed by atoms with Crippen LogP contribution in [0.2, 0.25) is 0 Å². The van der Waals surface area contributed by atoms with Gasteiger partial charge in [-0.1, -0.05) is 13.8 Å². The first-order valence-corrected chi connectivity index (χ1v) is 10.4. The van der Waals surface area contributed by atoms with E-state index < -0.39 is 29.0 Å². The smallest absolute Gasteiger partial charge is 0.346 e. The number of benzene rings is 1. The van der Waals surface area contributed by atoms with Crippen LogP contribution >= 0.6 is 23.1 Å². The van der Waals surface area contributed by atoms with E-state index in [1.54, 1.807) is 6.07 Å². The molecule has 0 saturated carbocycles. The van der Waals surface area contributed by atoms with Gasteiger partial charge in [0.1, 0.15) is 11.4 Å². The fourth-order valence-corrected chi connectivity index (χ4v) is 4.17. The molecule has 0 radical (unpaired) electrons. The molecular formula is C19H18ClF3N4O3S. The Hall–Kier alpha value is -2.66. The molecule has 0 aliphatic heterocycles. The van der Waals surface area contributed by atoms with Crippen LogP contribution in [0.15, 0.2) is 33.9 Å². The number of rotatable bonds is 5. The Bertz CT molecular complexity index is 1260. The molecule has 0 fully saturated rings.